The molecule has 0 aromatic heterocycles. The number of halogens is 1. The van der Waals surface area contributed by atoms with Crippen molar-refractivity contribution in [3.8, 4) is 5.75 Å². The number of thioether (sulfide) groups is 1. The summed E-state index contributed by atoms with van der Waals surface area (Å²) in [5.74, 6) is 0.876. The van der Waals surface area contributed by atoms with Crippen molar-refractivity contribution in [2.75, 3.05) is 13.4 Å². The molecule has 2 aliphatic heterocycles. The van der Waals surface area contributed by atoms with Crippen LogP contribution in [0.2, 0.25) is 0 Å². The molecule has 2 heterocycles. The van der Waals surface area contributed by atoms with Gasteiger partial charge in [-0.15, -0.1) is 0 Å². The average molecular weight is 370 g/mol. The maximum atomic E-state index is 13.0. The molecule has 2 bridgehead atoms. The second-order valence-electron chi connectivity index (χ2n) is 5.77. The highest BCUT2D eigenvalue weighted by Crippen LogP contribution is 2.41. The van der Waals surface area contributed by atoms with Crippen LogP contribution in [-0.4, -0.2) is 41.5 Å². The summed E-state index contributed by atoms with van der Waals surface area (Å²) >= 11 is 5.45. The van der Waals surface area contributed by atoms with Crippen LogP contribution in [0.25, 0.3) is 0 Å². The highest BCUT2D eigenvalue weighted by molar-refractivity contribution is 9.10. The number of nitrogens with zero attached hydrogens (tertiary/aromatic N) is 1. The number of hydrogen-bond acceptors (Lipinski definition) is 3. The highest BCUT2D eigenvalue weighted by Gasteiger charge is 2.43. The lowest BCUT2D eigenvalue weighted by Gasteiger charge is -2.38. The minimum atomic E-state index is 0.146. The molecule has 0 N–H and O–H groups in total. The molecule has 5 heteroatoms. The maximum absolute atomic E-state index is 13.0. The van der Waals surface area contributed by atoms with Gasteiger partial charge in [-0.1, -0.05) is 0 Å². The first-order valence-corrected chi connectivity index (χ1v) is 9.41. The predicted octanol–water partition coefficient (Wildman–Crippen LogP) is 3.96. The minimum Gasteiger partial charge on any atom is -0.497 e. The van der Waals surface area contributed by atoms with Crippen molar-refractivity contribution in [2.24, 2.45) is 0 Å². The third-order valence-corrected chi connectivity index (χ3v) is 6.40. The van der Waals surface area contributed by atoms with E-state index in [2.05, 4.69) is 27.1 Å². The van der Waals surface area contributed by atoms with Gasteiger partial charge in [-0.2, -0.15) is 11.8 Å². The van der Waals surface area contributed by atoms with Gasteiger partial charge in [0.25, 0.3) is 5.91 Å². The number of fused-ring (bicyclic) bond motifs is 2. The Hall–Kier alpha value is -0.680. The number of carbonyl (C=O) groups is 1. The topological polar surface area (TPSA) is 29.5 Å². The monoisotopic (exact) mass is 369 g/mol. The molecule has 2 saturated heterocycles. The van der Waals surface area contributed by atoms with E-state index in [0.717, 1.165) is 35.9 Å². The molecule has 0 radical (unpaired) electrons. The summed E-state index contributed by atoms with van der Waals surface area (Å²) in [6.07, 6.45) is 6.74. The number of carbonyl (C=O) groups excluding carboxylic acids is 1. The number of ether oxygens (including phenoxy) is 1. The fraction of sp³-hybridized carbons (Fsp3) is 0.562. The summed E-state index contributed by atoms with van der Waals surface area (Å²) < 4.78 is 6.10. The summed E-state index contributed by atoms with van der Waals surface area (Å²) in [7, 11) is 1.63. The molecule has 0 aliphatic carbocycles. The SMILES string of the molecule is COc1ccc(Br)c(C(=O)N2[C@H]3CC[C@H]2CC(SC)C3)c1. The Morgan fingerprint density at radius 2 is 2.00 bits per heavy atom. The Labute approximate surface area is 138 Å². The molecule has 1 amide bonds. The smallest absolute Gasteiger partial charge is 0.255 e. The van der Waals surface area contributed by atoms with Crippen molar-refractivity contribution in [3.05, 3.63) is 28.2 Å². The quantitative estimate of drug-likeness (QED) is 0.807. The Morgan fingerprint density at radius 3 is 2.57 bits per heavy atom. The van der Waals surface area contributed by atoms with E-state index in [9.17, 15) is 4.79 Å². The van der Waals surface area contributed by atoms with Gasteiger partial charge >= 0.3 is 0 Å². The van der Waals surface area contributed by atoms with Crippen LogP contribution < -0.4 is 4.74 Å². The first kappa shape index (κ1) is 15.2. The number of piperidine rings is 1. The van der Waals surface area contributed by atoms with Crippen LogP contribution in [-0.2, 0) is 0 Å². The number of hydrogen-bond donors (Lipinski definition) is 0. The number of methoxy groups -OCH3 is 1. The molecular weight excluding hydrogens is 350 g/mol. The highest BCUT2D eigenvalue weighted by atomic mass is 79.9. The zero-order valence-corrected chi connectivity index (χ0v) is 14.7. The van der Waals surface area contributed by atoms with Gasteiger partial charge in [0.1, 0.15) is 5.75 Å². The lowest BCUT2D eigenvalue weighted by atomic mass is 10.0. The van der Waals surface area contributed by atoms with E-state index in [1.165, 1.54) is 0 Å². The molecule has 2 aliphatic rings. The molecule has 2 atom stereocenters. The van der Waals surface area contributed by atoms with Gasteiger partial charge < -0.3 is 9.64 Å². The second kappa shape index (κ2) is 6.21. The minimum absolute atomic E-state index is 0.146. The molecule has 1 aromatic carbocycles. The molecule has 114 valence electrons. The van der Waals surface area contributed by atoms with Gasteiger partial charge in [0.05, 0.1) is 12.7 Å². The summed E-state index contributed by atoms with van der Waals surface area (Å²) in [5.41, 5.74) is 0.717. The lowest BCUT2D eigenvalue weighted by molar-refractivity contribution is 0.0600. The third-order valence-electron chi connectivity index (χ3n) is 4.66. The molecule has 0 spiro atoms. The Bertz CT molecular complexity index is 537. The van der Waals surface area contributed by atoms with Gasteiger partial charge in [-0.25, -0.2) is 0 Å². The van der Waals surface area contributed by atoms with Crippen LogP contribution in [0.5, 0.6) is 5.75 Å². The van der Waals surface area contributed by atoms with Crippen molar-refractivity contribution >= 4 is 33.6 Å². The summed E-state index contributed by atoms with van der Waals surface area (Å²) in [6.45, 7) is 0. The van der Waals surface area contributed by atoms with E-state index < -0.39 is 0 Å². The Kier molecular flexibility index (Phi) is 4.50. The number of amides is 1. The predicted molar refractivity (Wildman–Crippen MR) is 90.2 cm³/mol. The zero-order valence-electron chi connectivity index (χ0n) is 12.3. The van der Waals surface area contributed by atoms with Gasteiger partial charge in [0.2, 0.25) is 0 Å². The molecule has 0 unspecified atom stereocenters. The molecule has 2 fully saturated rings. The van der Waals surface area contributed by atoms with Gasteiger partial charge in [-0.05, 0) is 66.1 Å². The van der Waals surface area contributed by atoms with E-state index in [0.29, 0.717) is 22.9 Å². The van der Waals surface area contributed by atoms with Crippen LogP contribution >= 0.6 is 27.7 Å². The summed E-state index contributed by atoms with van der Waals surface area (Å²) in [5, 5.41) is 0.709. The molecule has 21 heavy (non-hydrogen) atoms. The van der Waals surface area contributed by atoms with E-state index in [1.807, 2.05) is 30.0 Å². The van der Waals surface area contributed by atoms with E-state index in [1.54, 1.807) is 7.11 Å². The molecule has 0 saturated carbocycles. The van der Waals surface area contributed by atoms with E-state index >= 15 is 0 Å². The van der Waals surface area contributed by atoms with Crippen LogP contribution in [0.3, 0.4) is 0 Å². The largest absolute Gasteiger partial charge is 0.497 e. The number of benzene rings is 1. The number of rotatable bonds is 3. The zero-order chi connectivity index (χ0) is 15.0. The van der Waals surface area contributed by atoms with Crippen molar-refractivity contribution in [1.29, 1.82) is 0 Å². The van der Waals surface area contributed by atoms with Crippen molar-refractivity contribution in [2.45, 2.75) is 43.0 Å². The second-order valence-corrected chi connectivity index (χ2v) is 7.76. The molecule has 1 aromatic rings. The van der Waals surface area contributed by atoms with Crippen molar-refractivity contribution in [3.63, 3.8) is 0 Å². The van der Waals surface area contributed by atoms with Gasteiger partial charge in [0.15, 0.2) is 0 Å². The lowest BCUT2D eigenvalue weighted by Crippen LogP contribution is -2.47. The van der Waals surface area contributed by atoms with Crippen LogP contribution in [0.4, 0.5) is 0 Å². The van der Waals surface area contributed by atoms with Gasteiger partial charge in [-0.3, -0.25) is 4.79 Å². The molecule has 3 rings (SSSR count). The van der Waals surface area contributed by atoms with E-state index in [-0.39, 0.29) is 5.91 Å². The van der Waals surface area contributed by atoms with Crippen LogP contribution in [0, 0.1) is 0 Å². The fourth-order valence-corrected chi connectivity index (χ4v) is 4.83. The summed E-state index contributed by atoms with van der Waals surface area (Å²) in [4.78, 5) is 15.1. The fourth-order valence-electron chi connectivity index (χ4n) is 3.59. The normalized spacial score (nSPS) is 27.8. The van der Waals surface area contributed by atoms with Crippen LogP contribution in [0.1, 0.15) is 36.0 Å². The van der Waals surface area contributed by atoms with Gasteiger partial charge in [0, 0.05) is 21.8 Å². The standard InChI is InChI=1S/C16H20BrNO2S/c1-20-12-5-6-15(17)14(9-12)16(19)18-10-3-4-11(18)8-13(7-10)21-2/h5-6,9-11,13H,3-4,7-8H2,1-2H3/t10-,11-/m0/s1. The van der Waals surface area contributed by atoms with Crippen molar-refractivity contribution in [1.82, 2.24) is 4.90 Å². The average Bonchev–Trinajstić information content (AvgIpc) is 2.77. The van der Waals surface area contributed by atoms with E-state index in [4.69, 9.17) is 4.74 Å². The van der Waals surface area contributed by atoms with Crippen molar-refractivity contribution < 1.29 is 9.53 Å². The van der Waals surface area contributed by atoms with Crippen LogP contribution in [0.15, 0.2) is 22.7 Å². The molecule has 3 nitrogen and oxygen atoms in total. The Balaban J connectivity index is 1.86. The third kappa shape index (κ3) is 2.82. The summed E-state index contributed by atoms with van der Waals surface area (Å²) in [6, 6.07) is 6.42. The Morgan fingerprint density at radius 1 is 1.33 bits per heavy atom. The molecular formula is C16H20BrNO2S. The first-order chi connectivity index (χ1) is 10.1. The maximum Gasteiger partial charge on any atom is 0.255 e. The first-order valence-electron chi connectivity index (χ1n) is 7.33.